The number of nitrogens with zero attached hydrogens (tertiary/aromatic N) is 2. The molecule has 0 radical (unpaired) electrons. The summed E-state index contributed by atoms with van der Waals surface area (Å²) in [5, 5.41) is 6.16. The van der Waals surface area contributed by atoms with Crippen molar-refractivity contribution in [1.29, 1.82) is 0 Å². The zero-order chi connectivity index (χ0) is 21.2. The van der Waals surface area contributed by atoms with Crippen LogP contribution in [-0.4, -0.2) is 67.3 Å². The number of amides is 3. The summed E-state index contributed by atoms with van der Waals surface area (Å²) in [5.74, 6) is 0.0511. The number of likely N-dealkylation sites (tertiary alicyclic amines) is 1. The van der Waals surface area contributed by atoms with Crippen LogP contribution in [0.4, 0.5) is 5.69 Å². The first-order chi connectivity index (χ1) is 13.9. The van der Waals surface area contributed by atoms with Gasteiger partial charge in [-0.15, -0.1) is 0 Å². The Hall–Kier alpha value is -2.12. The fourth-order valence-electron chi connectivity index (χ4n) is 3.40. The van der Waals surface area contributed by atoms with E-state index in [4.69, 9.17) is 11.6 Å². The summed E-state index contributed by atoms with van der Waals surface area (Å²) >= 11 is 6.04. The molecule has 1 aliphatic heterocycles. The van der Waals surface area contributed by atoms with Crippen molar-refractivity contribution in [3.8, 4) is 0 Å². The number of carbonyl (C=O) groups excluding carboxylic acids is 3. The van der Waals surface area contributed by atoms with Crippen LogP contribution < -0.4 is 10.6 Å². The molecule has 3 amide bonds. The summed E-state index contributed by atoms with van der Waals surface area (Å²) in [6.07, 6.45) is 3.44. The van der Waals surface area contributed by atoms with Gasteiger partial charge in [0.1, 0.15) is 0 Å². The van der Waals surface area contributed by atoms with Crippen LogP contribution in [0.5, 0.6) is 0 Å². The van der Waals surface area contributed by atoms with Gasteiger partial charge in [-0.3, -0.25) is 19.3 Å². The molecule has 8 heteroatoms. The lowest BCUT2D eigenvalue weighted by Crippen LogP contribution is -2.46. The molecule has 7 nitrogen and oxygen atoms in total. The summed E-state index contributed by atoms with van der Waals surface area (Å²) in [6, 6.07) is 6.99. The molecule has 2 rings (SSSR count). The molecule has 0 bridgehead atoms. The van der Waals surface area contributed by atoms with Crippen LogP contribution in [0.3, 0.4) is 0 Å². The van der Waals surface area contributed by atoms with E-state index < -0.39 is 0 Å². The van der Waals surface area contributed by atoms with Gasteiger partial charge in [0, 0.05) is 26.6 Å². The Kier molecular flexibility index (Phi) is 9.41. The topological polar surface area (TPSA) is 81.8 Å². The van der Waals surface area contributed by atoms with Crippen molar-refractivity contribution in [3.63, 3.8) is 0 Å². The third kappa shape index (κ3) is 8.03. The number of hydrogen-bond acceptors (Lipinski definition) is 4. The average molecular weight is 423 g/mol. The monoisotopic (exact) mass is 422 g/mol. The first-order valence-corrected chi connectivity index (χ1v) is 10.5. The van der Waals surface area contributed by atoms with Crippen LogP contribution >= 0.6 is 11.6 Å². The molecule has 0 aromatic heterocycles. The smallest absolute Gasteiger partial charge is 0.244 e. The van der Waals surface area contributed by atoms with Gasteiger partial charge < -0.3 is 15.5 Å². The molecule has 1 aliphatic rings. The molecule has 0 saturated carbocycles. The molecule has 2 N–H and O–H groups in total. The van der Waals surface area contributed by atoms with Crippen LogP contribution in [0.1, 0.15) is 32.6 Å². The molecule has 1 fully saturated rings. The van der Waals surface area contributed by atoms with Crippen LogP contribution in [0, 0.1) is 5.92 Å². The van der Waals surface area contributed by atoms with Crippen molar-refractivity contribution in [3.05, 3.63) is 29.3 Å². The highest BCUT2D eigenvalue weighted by Crippen LogP contribution is 2.20. The summed E-state index contributed by atoms with van der Waals surface area (Å²) < 4.78 is 0. The Bertz CT molecular complexity index is 713. The molecule has 1 aromatic carbocycles. The van der Waals surface area contributed by atoms with Crippen LogP contribution in [0.15, 0.2) is 24.3 Å². The van der Waals surface area contributed by atoms with Gasteiger partial charge in [-0.05, 0) is 43.9 Å². The Morgan fingerprint density at radius 1 is 1.24 bits per heavy atom. The molecule has 1 unspecified atom stereocenters. The van der Waals surface area contributed by atoms with E-state index in [-0.39, 0.29) is 30.8 Å². The zero-order valence-electron chi connectivity index (χ0n) is 17.2. The number of nitrogens with one attached hydrogen (secondary N) is 2. The van der Waals surface area contributed by atoms with Gasteiger partial charge in [0.15, 0.2) is 0 Å². The van der Waals surface area contributed by atoms with Crippen LogP contribution in [0.2, 0.25) is 5.02 Å². The van der Waals surface area contributed by atoms with Gasteiger partial charge in [-0.25, -0.2) is 0 Å². The molecular formula is C21H31ClN4O3. The Labute approximate surface area is 177 Å². The lowest BCUT2D eigenvalue weighted by atomic mass is 9.98. The Balaban J connectivity index is 1.75. The average Bonchev–Trinajstić information content (AvgIpc) is 2.68. The van der Waals surface area contributed by atoms with Gasteiger partial charge in [-0.1, -0.05) is 30.7 Å². The predicted octanol–water partition coefficient (Wildman–Crippen LogP) is 2.37. The Morgan fingerprint density at radius 2 is 2.00 bits per heavy atom. The van der Waals surface area contributed by atoms with Gasteiger partial charge in [0.2, 0.25) is 17.7 Å². The molecule has 1 saturated heterocycles. The molecule has 0 spiro atoms. The van der Waals surface area contributed by atoms with E-state index in [0.717, 1.165) is 32.4 Å². The quantitative estimate of drug-likeness (QED) is 0.640. The van der Waals surface area contributed by atoms with Gasteiger partial charge >= 0.3 is 0 Å². The van der Waals surface area contributed by atoms with Crippen molar-refractivity contribution in [2.75, 3.05) is 45.1 Å². The molecule has 160 valence electrons. The second-order valence-corrected chi connectivity index (χ2v) is 7.98. The maximum Gasteiger partial charge on any atom is 0.244 e. The van der Waals surface area contributed by atoms with E-state index in [2.05, 4.69) is 15.5 Å². The molecular weight excluding hydrogens is 392 g/mol. The summed E-state index contributed by atoms with van der Waals surface area (Å²) in [5.41, 5.74) is 0.531. The molecule has 1 atom stereocenters. The molecule has 0 aliphatic carbocycles. The van der Waals surface area contributed by atoms with Crippen molar-refractivity contribution in [2.24, 2.45) is 5.92 Å². The van der Waals surface area contributed by atoms with Crippen molar-refractivity contribution < 1.29 is 14.4 Å². The molecule has 1 heterocycles. The van der Waals surface area contributed by atoms with Crippen LogP contribution in [-0.2, 0) is 14.4 Å². The van der Waals surface area contributed by atoms with Crippen molar-refractivity contribution in [1.82, 2.24) is 15.1 Å². The normalized spacial score (nSPS) is 16.9. The third-order valence-corrected chi connectivity index (χ3v) is 5.31. The SMILES string of the molecule is CCCC(=O)NCC1CCCN(CC(=O)N(C)CC(=O)Nc2ccccc2Cl)C1. The predicted molar refractivity (Wildman–Crippen MR) is 115 cm³/mol. The highest BCUT2D eigenvalue weighted by molar-refractivity contribution is 6.33. The van der Waals surface area contributed by atoms with Gasteiger partial charge in [0.25, 0.3) is 0 Å². The number of benzene rings is 1. The second kappa shape index (κ2) is 11.8. The minimum Gasteiger partial charge on any atom is -0.356 e. The lowest BCUT2D eigenvalue weighted by Gasteiger charge is -2.33. The van der Waals surface area contributed by atoms with E-state index in [9.17, 15) is 14.4 Å². The Morgan fingerprint density at radius 3 is 2.72 bits per heavy atom. The maximum absolute atomic E-state index is 12.5. The number of para-hydroxylation sites is 1. The first-order valence-electron chi connectivity index (χ1n) is 10.2. The van der Waals surface area contributed by atoms with E-state index in [1.54, 1.807) is 31.3 Å². The highest BCUT2D eigenvalue weighted by Gasteiger charge is 2.23. The first kappa shape index (κ1) is 23.2. The summed E-state index contributed by atoms with van der Waals surface area (Å²) in [6.45, 7) is 4.50. The molecule has 29 heavy (non-hydrogen) atoms. The number of hydrogen-bond donors (Lipinski definition) is 2. The van der Waals surface area contributed by atoms with Crippen LogP contribution in [0.25, 0.3) is 0 Å². The number of rotatable bonds is 9. The van der Waals surface area contributed by atoms with Gasteiger partial charge in [-0.2, -0.15) is 0 Å². The number of anilines is 1. The summed E-state index contributed by atoms with van der Waals surface area (Å²) in [4.78, 5) is 39.9. The minimum atomic E-state index is -0.288. The number of halogens is 1. The largest absolute Gasteiger partial charge is 0.356 e. The lowest BCUT2D eigenvalue weighted by molar-refractivity contribution is -0.134. The highest BCUT2D eigenvalue weighted by atomic mass is 35.5. The third-order valence-electron chi connectivity index (χ3n) is 4.98. The number of carbonyl (C=O) groups is 3. The van der Waals surface area contributed by atoms with Gasteiger partial charge in [0.05, 0.1) is 23.8 Å². The van der Waals surface area contributed by atoms with Crippen molar-refractivity contribution in [2.45, 2.75) is 32.6 Å². The van der Waals surface area contributed by atoms with E-state index >= 15 is 0 Å². The van der Waals surface area contributed by atoms with Crippen molar-refractivity contribution >= 4 is 35.0 Å². The second-order valence-electron chi connectivity index (χ2n) is 7.58. The van der Waals surface area contributed by atoms with E-state index in [1.807, 2.05) is 6.92 Å². The minimum absolute atomic E-state index is 0.0333. The molecule has 1 aromatic rings. The maximum atomic E-state index is 12.5. The van der Waals surface area contributed by atoms with E-state index in [0.29, 0.717) is 29.6 Å². The standard InChI is InChI=1S/C21H31ClN4O3/c1-3-7-19(27)23-12-16-8-6-11-26(13-16)15-21(29)25(2)14-20(28)24-18-10-5-4-9-17(18)22/h4-5,9-10,16H,3,6-8,11-15H2,1-2H3,(H,23,27)(H,24,28). The summed E-state index contributed by atoms with van der Waals surface area (Å²) in [7, 11) is 1.63. The number of piperidine rings is 1. The fourth-order valence-corrected chi connectivity index (χ4v) is 3.59. The number of likely N-dealkylation sites (N-methyl/N-ethyl adjacent to an activating group) is 1. The zero-order valence-corrected chi connectivity index (χ0v) is 18.0. The van der Waals surface area contributed by atoms with E-state index in [1.165, 1.54) is 4.90 Å². The fraction of sp³-hybridized carbons (Fsp3) is 0.571.